The fraction of sp³-hybridized carbons (Fsp3) is 0.227. The molecule has 2 heterocycles. The van der Waals surface area contributed by atoms with Crippen molar-refractivity contribution in [3.05, 3.63) is 72.4 Å². The Balaban J connectivity index is 1.73. The Morgan fingerprint density at radius 1 is 1.27 bits per heavy atom. The Bertz CT molecular complexity index is 1030. The minimum absolute atomic E-state index is 0.0488. The minimum Gasteiger partial charge on any atom is -0.486 e. The number of halogens is 2. The van der Waals surface area contributed by atoms with Crippen LogP contribution >= 0.6 is 0 Å². The molecule has 0 N–H and O–H groups in total. The summed E-state index contributed by atoms with van der Waals surface area (Å²) < 4.78 is 40.5. The number of carbonyl (C=O) groups excluding carboxylic acids is 1. The maximum absolute atomic E-state index is 12.6. The normalized spacial score (nSPS) is 10.8. The number of hydrogen-bond acceptors (Lipinski definition) is 6. The molecule has 0 aliphatic carbocycles. The first kappa shape index (κ1) is 21.2. The Morgan fingerprint density at radius 3 is 2.83 bits per heavy atom. The Hall–Kier alpha value is -3.55. The summed E-state index contributed by atoms with van der Waals surface area (Å²) in [5.41, 5.74) is 2.63. The van der Waals surface area contributed by atoms with Crippen molar-refractivity contribution in [2.75, 3.05) is 6.61 Å². The molecule has 0 bridgehead atoms. The number of alkyl halides is 2. The second-order valence-corrected chi connectivity index (χ2v) is 6.44. The van der Waals surface area contributed by atoms with E-state index in [1.807, 2.05) is 19.1 Å². The second kappa shape index (κ2) is 9.78. The zero-order valence-corrected chi connectivity index (χ0v) is 16.3. The van der Waals surface area contributed by atoms with Gasteiger partial charge >= 0.3 is 6.61 Å². The van der Waals surface area contributed by atoms with Crippen LogP contribution in [0, 0.1) is 6.92 Å². The van der Waals surface area contributed by atoms with Crippen LogP contribution in [0.15, 0.2) is 59.9 Å². The van der Waals surface area contributed by atoms with E-state index in [9.17, 15) is 13.6 Å². The van der Waals surface area contributed by atoms with Crippen LogP contribution in [-0.2, 0) is 17.6 Å². The van der Waals surface area contributed by atoms with Gasteiger partial charge in [-0.1, -0.05) is 18.7 Å². The van der Waals surface area contributed by atoms with E-state index in [4.69, 9.17) is 9.15 Å². The number of oxazole rings is 1. The Morgan fingerprint density at radius 2 is 2.10 bits per heavy atom. The molecule has 3 aromatic rings. The first-order valence-corrected chi connectivity index (χ1v) is 9.15. The van der Waals surface area contributed by atoms with Crippen LogP contribution in [0.3, 0.4) is 0 Å². The van der Waals surface area contributed by atoms with Gasteiger partial charge in [-0.05, 0) is 36.8 Å². The van der Waals surface area contributed by atoms with E-state index >= 15 is 0 Å². The largest absolute Gasteiger partial charge is 0.486 e. The van der Waals surface area contributed by atoms with Crippen LogP contribution in [0.25, 0.3) is 11.5 Å². The maximum Gasteiger partial charge on any atom is 0.387 e. The smallest absolute Gasteiger partial charge is 0.387 e. The highest BCUT2D eigenvalue weighted by molar-refractivity contribution is 5.82. The molecular weight excluding hydrogens is 394 g/mol. The molecule has 0 spiro atoms. The van der Waals surface area contributed by atoms with E-state index < -0.39 is 6.61 Å². The summed E-state index contributed by atoms with van der Waals surface area (Å²) in [6, 6.07) is 8.07. The summed E-state index contributed by atoms with van der Waals surface area (Å²) in [7, 11) is 0. The van der Waals surface area contributed by atoms with Gasteiger partial charge in [-0.25, -0.2) is 4.98 Å². The lowest BCUT2D eigenvalue weighted by molar-refractivity contribution is -0.117. The maximum atomic E-state index is 12.6. The zero-order chi connectivity index (χ0) is 21.5. The number of Topliss-reactive ketones (excluding diaryl/α,β-unsaturated/α-hetero) is 1. The first-order valence-electron chi connectivity index (χ1n) is 9.15. The molecule has 0 aliphatic rings. The molecule has 0 aliphatic heterocycles. The van der Waals surface area contributed by atoms with E-state index in [0.717, 1.165) is 11.3 Å². The van der Waals surface area contributed by atoms with Gasteiger partial charge in [-0.2, -0.15) is 8.78 Å². The minimum atomic E-state index is -2.98. The van der Waals surface area contributed by atoms with Crippen molar-refractivity contribution < 1.29 is 27.5 Å². The van der Waals surface area contributed by atoms with E-state index in [1.54, 1.807) is 6.20 Å². The summed E-state index contributed by atoms with van der Waals surface area (Å²) >= 11 is 0. The molecule has 0 amide bonds. The van der Waals surface area contributed by atoms with Crippen LogP contribution in [0.2, 0.25) is 0 Å². The van der Waals surface area contributed by atoms with Crippen molar-refractivity contribution in [3.8, 4) is 23.0 Å². The lowest BCUT2D eigenvalue weighted by atomic mass is 10.1. The lowest BCUT2D eigenvalue weighted by Crippen LogP contribution is -2.09. The van der Waals surface area contributed by atoms with Gasteiger partial charge in [-0.3, -0.25) is 9.78 Å². The fourth-order valence-corrected chi connectivity index (χ4v) is 2.77. The van der Waals surface area contributed by atoms with Gasteiger partial charge in [0.25, 0.3) is 0 Å². The molecule has 8 heteroatoms. The summed E-state index contributed by atoms with van der Waals surface area (Å²) in [4.78, 5) is 20.9. The summed E-state index contributed by atoms with van der Waals surface area (Å²) in [6.07, 6.45) is 4.82. The van der Waals surface area contributed by atoms with Crippen molar-refractivity contribution in [2.45, 2.75) is 26.4 Å². The summed E-state index contributed by atoms with van der Waals surface area (Å²) in [6.45, 7) is 2.56. The number of carbonyl (C=O) groups is 1. The van der Waals surface area contributed by atoms with E-state index in [2.05, 4.69) is 21.3 Å². The van der Waals surface area contributed by atoms with Crippen LogP contribution < -0.4 is 9.47 Å². The number of pyridine rings is 1. The molecule has 0 atom stereocenters. The molecule has 2 aromatic heterocycles. The molecule has 1 aromatic carbocycles. The molecule has 0 saturated carbocycles. The van der Waals surface area contributed by atoms with Gasteiger partial charge in [-0.15, -0.1) is 0 Å². The quantitative estimate of drug-likeness (QED) is 0.453. The fourth-order valence-electron chi connectivity index (χ4n) is 2.77. The molecule has 6 nitrogen and oxygen atoms in total. The predicted octanol–water partition coefficient (Wildman–Crippen LogP) is 4.57. The molecule has 0 saturated heterocycles. The topological polar surface area (TPSA) is 74.5 Å². The number of aryl methyl sites for hydroxylation is 1. The van der Waals surface area contributed by atoms with Gasteiger partial charge in [0, 0.05) is 18.2 Å². The SMILES string of the molecule is C=CCOc1cc(-c2nc(CC(=O)Cc3ncccc3C)co2)ccc1OC(F)F. The van der Waals surface area contributed by atoms with Crippen molar-refractivity contribution >= 4 is 5.78 Å². The summed E-state index contributed by atoms with van der Waals surface area (Å²) in [5.74, 6) is 0.184. The summed E-state index contributed by atoms with van der Waals surface area (Å²) in [5, 5.41) is 0. The van der Waals surface area contributed by atoms with Crippen LogP contribution in [0.1, 0.15) is 17.0 Å². The second-order valence-electron chi connectivity index (χ2n) is 6.44. The average molecular weight is 414 g/mol. The van der Waals surface area contributed by atoms with Crippen LogP contribution in [0.4, 0.5) is 8.78 Å². The van der Waals surface area contributed by atoms with Crippen molar-refractivity contribution in [2.24, 2.45) is 0 Å². The molecule has 0 radical (unpaired) electrons. The highest BCUT2D eigenvalue weighted by Gasteiger charge is 2.16. The third kappa shape index (κ3) is 5.50. The third-order valence-electron chi connectivity index (χ3n) is 4.18. The average Bonchev–Trinajstić information content (AvgIpc) is 3.17. The highest BCUT2D eigenvalue weighted by atomic mass is 19.3. The number of nitrogens with zero attached hydrogens (tertiary/aromatic N) is 2. The Labute approximate surface area is 172 Å². The third-order valence-corrected chi connectivity index (χ3v) is 4.18. The van der Waals surface area contributed by atoms with Crippen molar-refractivity contribution in [1.29, 1.82) is 0 Å². The number of aromatic nitrogens is 2. The molecule has 156 valence electrons. The monoisotopic (exact) mass is 414 g/mol. The number of rotatable bonds is 10. The first-order chi connectivity index (χ1) is 14.5. The standard InChI is InChI=1S/C22H20F2N2O4/c1-3-9-28-20-10-15(6-7-19(20)30-22(23)24)21-26-16(13-29-21)11-17(27)12-18-14(2)5-4-8-25-18/h3-8,10,13,22H,1,9,11-12H2,2H3. The molecule has 3 rings (SSSR count). The van der Waals surface area contributed by atoms with E-state index in [1.165, 1.54) is 30.5 Å². The van der Waals surface area contributed by atoms with Crippen molar-refractivity contribution in [1.82, 2.24) is 9.97 Å². The Kier molecular flexibility index (Phi) is 6.90. The number of ketones is 1. The number of ether oxygens (including phenoxy) is 2. The lowest BCUT2D eigenvalue weighted by Gasteiger charge is -2.11. The van der Waals surface area contributed by atoms with Gasteiger partial charge in [0.1, 0.15) is 18.7 Å². The number of hydrogen-bond donors (Lipinski definition) is 0. The van der Waals surface area contributed by atoms with Gasteiger partial charge < -0.3 is 13.9 Å². The van der Waals surface area contributed by atoms with E-state index in [0.29, 0.717) is 11.3 Å². The van der Waals surface area contributed by atoms with Crippen LogP contribution in [-0.4, -0.2) is 29.0 Å². The predicted molar refractivity (Wildman–Crippen MR) is 106 cm³/mol. The highest BCUT2D eigenvalue weighted by Crippen LogP contribution is 2.33. The molecule has 30 heavy (non-hydrogen) atoms. The molecule has 0 fully saturated rings. The van der Waals surface area contributed by atoms with Gasteiger partial charge in [0.2, 0.25) is 5.89 Å². The van der Waals surface area contributed by atoms with Gasteiger partial charge in [0.05, 0.1) is 17.8 Å². The molecule has 0 unspecified atom stereocenters. The van der Waals surface area contributed by atoms with Crippen molar-refractivity contribution in [3.63, 3.8) is 0 Å². The zero-order valence-electron chi connectivity index (χ0n) is 16.3. The number of benzene rings is 1. The molecular formula is C22H20F2N2O4. The van der Waals surface area contributed by atoms with E-state index in [-0.39, 0.29) is 42.6 Å². The van der Waals surface area contributed by atoms with Crippen LogP contribution in [0.5, 0.6) is 11.5 Å². The van der Waals surface area contributed by atoms with Gasteiger partial charge in [0.15, 0.2) is 11.5 Å².